The summed E-state index contributed by atoms with van der Waals surface area (Å²) in [6.45, 7) is 7.04. The van der Waals surface area contributed by atoms with Crippen LogP contribution < -0.4 is 5.32 Å². The quantitative estimate of drug-likeness (QED) is 0.919. The lowest BCUT2D eigenvalue weighted by Crippen LogP contribution is -2.36. The van der Waals surface area contributed by atoms with Crippen LogP contribution in [0.25, 0.3) is 10.9 Å². The zero-order valence-electron chi connectivity index (χ0n) is 13.9. The Hall–Kier alpha value is -2.30. The second kappa shape index (κ2) is 6.07. The van der Waals surface area contributed by atoms with E-state index in [1.165, 1.54) is 0 Å². The predicted molar refractivity (Wildman–Crippen MR) is 91.6 cm³/mol. The monoisotopic (exact) mass is 313 g/mol. The number of ether oxygens (including phenoxy) is 1. The van der Waals surface area contributed by atoms with Gasteiger partial charge in [0.1, 0.15) is 5.60 Å². The van der Waals surface area contributed by atoms with Crippen molar-refractivity contribution >= 4 is 22.7 Å². The van der Waals surface area contributed by atoms with E-state index in [-0.39, 0.29) is 12.1 Å². The van der Waals surface area contributed by atoms with Crippen molar-refractivity contribution in [3.63, 3.8) is 0 Å². The molecule has 1 saturated heterocycles. The molecule has 0 bridgehead atoms. The number of nitrogens with zero attached hydrogens (tertiary/aromatic N) is 2. The molecule has 122 valence electrons. The summed E-state index contributed by atoms with van der Waals surface area (Å²) in [5.41, 5.74) is 1.58. The SMILES string of the molecule is CC(C)(C)OC(=O)N1CC[C@H](Nc2cccc3ncccc23)C1. The highest BCUT2D eigenvalue weighted by Gasteiger charge is 2.29. The Labute approximate surface area is 136 Å². The van der Waals surface area contributed by atoms with Gasteiger partial charge in [0.25, 0.3) is 0 Å². The molecule has 3 rings (SSSR count). The first-order chi connectivity index (χ1) is 10.9. The van der Waals surface area contributed by atoms with Gasteiger partial charge in [-0.15, -0.1) is 0 Å². The number of aromatic nitrogens is 1. The van der Waals surface area contributed by atoms with E-state index in [9.17, 15) is 4.79 Å². The van der Waals surface area contributed by atoms with Gasteiger partial charge < -0.3 is 15.0 Å². The topological polar surface area (TPSA) is 54.5 Å². The van der Waals surface area contributed by atoms with E-state index in [1.54, 1.807) is 11.1 Å². The Balaban J connectivity index is 1.67. The van der Waals surface area contributed by atoms with Gasteiger partial charge in [-0.25, -0.2) is 4.79 Å². The fraction of sp³-hybridized carbons (Fsp3) is 0.444. The molecule has 23 heavy (non-hydrogen) atoms. The Morgan fingerprint density at radius 3 is 2.91 bits per heavy atom. The fourth-order valence-electron chi connectivity index (χ4n) is 2.82. The van der Waals surface area contributed by atoms with Crippen molar-refractivity contribution < 1.29 is 9.53 Å². The zero-order valence-corrected chi connectivity index (χ0v) is 13.9. The smallest absolute Gasteiger partial charge is 0.410 e. The molecule has 2 aromatic rings. The number of fused-ring (bicyclic) bond motifs is 1. The minimum atomic E-state index is -0.454. The second-order valence-electron chi connectivity index (χ2n) is 6.93. The highest BCUT2D eigenvalue weighted by atomic mass is 16.6. The summed E-state index contributed by atoms with van der Waals surface area (Å²) in [4.78, 5) is 18.3. The molecule has 0 spiro atoms. The first-order valence-electron chi connectivity index (χ1n) is 8.00. The lowest BCUT2D eigenvalue weighted by molar-refractivity contribution is 0.0293. The fourth-order valence-corrected chi connectivity index (χ4v) is 2.82. The third-order valence-corrected chi connectivity index (χ3v) is 3.85. The first kappa shape index (κ1) is 15.6. The van der Waals surface area contributed by atoms with Crippen LogP contribution in [0.1, 0.15) is 27.2 Å². The van der Waals surface area contributed by atoms with Crippen LogP contribution in [0.3, 0.4) is 0 Å². The molecule has 1 aromatic carbocycles. The summed E-state index contributed by atoms with van der Waals surface area (Å²) in [7, 11) is 0. The van der Waals surface area contributed by atoms with Gasteiger partial charge in [-0.3, -0.25) is 4.98 Å². The number of hydrogen-bond acceptors (Lipinski definition) is 4. The standard InChI is InChI=1S/C18H23N3O2/c1-18(2,3)23-17(22)21-11-9-13(12-21)20-16-8-4-7-15-14(16)6-5-10-19-15/h4-8,10,13,20H,9,11-12H2,1-3H3/t13-/m0/s1. The molecule has 0 aliphatic carbocycles. The molecule has 2 heterocycles. The van der Waals surface area contributed by atoms with Crippen molar-refractivity contribution in [2.75, 3.05) is 18.4 Å². The van der Waals surface area contributed by atoms with Gasteiger partial charge in [0, 0.05) is 36.4 Å². The highest BCUT2D eigenvalue weighted by molar-refractivity contribution is 5.91. The molecule has 5 nitrogen and oxygen atoms in total. The number of pyridine rings is 1. The normalized spacial score (nSPS) is 18.2. The van der Waals surface area contributed by atoms with Gasteiger partial charge >= 0.3 is 6.09 Å². The van der Waals surface area contributed by atoms with Gasteiger partial charge in [-0.1, -0.05) is 6.07 Å². The number of anilines is 1. The lowest BCUT2D eigenvalue weighted by atomic mass is 10.1. The van der Waals surface area contributed by atoms with Crippen LogP contribution in [0.15, 0.2) is 36.5 Å². The number of nitrogens with one attached hydrogen (secondary N) is 1. The van der Waals surface area contributed by atoms with Crippen LogP contribution in [-0.4, -0.2) is 40.7 Å². The molecule has 1 N–H and O–H groups in total. The van der Waals surface area contributed by atoms with Crippen LogP contribution in [0.4, 0.5) is 10.5 Å². The van der Waals surface area contributed by atoms with Crippen LogP contribution in [0.5, 0.6) is 0 Å². The van der Waals surface area contributed by atoms with Crippen LogP contribution in [0, 0.1) is 0 Å². The van der Waals surface area contributed by atoms with E-state index in [1.807, 2.05) is 39.0 Å². The third-order valence-electron chi connectivity index (χ3n) is 3.85. The largest absolute Gasteiger partial charge is 0.444 e. The molecule has 1 atom stereocenters. The molecular formula is C18H23N3O2. The summed E-state index contributed by atoms with van der Waals surface area (Å²) in [6, 6.07) is 10.3. The average Bonchev–Trinajstić information content (AvgIpc) is 2.95. The van der Waals surface area contributed by atoms with Crippen molar-refractivity contribution in [1.29, 1.82) is 0 Å². The number of hydrogen-bond donors (Lipinski definition) is 1. The van der Waals surface area contributed by atoms with E-state index in [2.05, 4.69) is 22.4 Å². The number of benzene rings is 1. The number of carbonyl (C=O) groups excluding carboxylic acids is 1. The average molecular weight is 313 g/mol. The number of amides is 1. The zero-order chi connectivity index (χ0) is 16.4. The van der Waals surface area contributed by atoms with Gasteiger partial charge in [-0.2, -0.15) is 0 Å². The van der Waals surface area contributed by atoms with E-state index in [0.717, 1.165) is 29.6 Å². The van der Waals surface area contributed by atoms with Crippen molar-refractivity contribution in [3.05, 3.63) is 36.5 Å². The molecule has 1 fully saturated rings. The maximum atomic E-state index is 12.1. The molecule has 1 aromatic heterocycles. The molecule has 0 unspecified atom stereocenters. The molecule has 1 aliphatic heterocycles. The van der Waals surface area contributed by atoms with E-state index in [0.29, 0.717) is 6.54 Å². The number of likely N-dealkylation sites (tertiary alicyclic amines) is 1. The van der Waals surface area contributed by atoms with Crippen molar-refractivity contribution in [3.8, 4) is 0 Å². The maximum absolute atomic E-state index is 12.1. The Bertz CT molecular complexity index is 703. The molecular weight excluding hydrogens is 290 g/mol. The first-order valence-corrected chi connectivity index (χ1v) is 8.00. The van der Waals surface area contributed by atoms with Gasteiger partial charge in [0.05, 0.1) is 5.52 Å². The Morgan fingerprint density at radius 1 is 1.30 bits per heavy atom. The number of carbonyl (C=O) groups is 1. The minimum Gasteiger partial charge on any atom is -0.444 e. The second-order valence-corrected chi connectivity index (χ2v) is 6.93. The molecule has 1 amide bonds. The van der Waals surface area contributed by atoms with Crippen LogP contribution >= 0.6 is 0 Å². The maximum Gasteiger partial charge on any atom is 0.410 e. The molecule has 5 heteroatoms. The van der Waals surface area contributed by atoms with E-state index >= 15 is 0 Å². The van der Waals surface area contributed by atoms with Crippen molar-refractivity contribution in [1.82, 2.24) is 9.88 Å². The molecule has 1 aliphatic rings. The van der Waals surface area contributed by atoms with Crippen LogP contribution in [0.2, 0.25) is 0 Å². The summed E-state index contributed by atoms with van der Waals surface area (Å²) in [5.74, 6) is 0. The predicted octanol–water partition coefficient (Wildman–Crippen LogP) is 3.66. The van der Waals surface area contributed by atoms with Crippen LogP contribution in [-0.2, 0) is 4.74 Å². The summed E-state index contributed by atoms with van der Waals surface area (Å²) >= 11 is 0. The summed E-state index contributed by atoms with van der Waals surface area (Å²) in [5, 5.41) is 4.64. The van der Waals surface area contributed by atoms with E-state index in [4.69, 9.17) is 4.74 Å². The van der Waals surface area contributed by atoms with Crippen molar-refractivity contribution in [2.45, 2.75) is 38.8 Å². The van der Waals surface area contributed by atoms with Gasteiger partial charge in [0.2, 0.25) is 0 Å². The lowest BCUT2D eigenvalue weighted by Gasteiger charge is -2.24. The van der Waals surface area contributed by atoms with E-state index < -0.39 is 5.60 Å². The molecule has 0 radical (unpaired) electrons. The Kier molecular flexibility index (Phi) is 4.11. The van der Waals surface area contributed by atoms with Gasteiger partial charge in [-0.05, 0) is 51.5 Å². The number of rotatable bonds is 2. The molecule has 0 saturated carbocycles. The highest BCUT2D eigenvalue weighted by Crippen LogP contribution is 2.24. The Morgan fingerprint density at radius 2 is 2.13 bits per heavy atom. The van der Waals surface area contributed by atoms with Gasteiger partial charge in [0.15, 0.2) is 0 Å². The third kappa shape index (κ3) is 3.73. The summed E-state index contributed by atoms with van der Waals surface area (Å²) in [6.07, 6.45) is 2.48. The van der Waals surface area contributed by atoms with Crippen molar-refractivity contribution in [2.24, 2.45) is 0 Å². The summed E-state index contributed by atoms with van der Waals surface area (Å²) < 4.78 is 5.44. The minimum absolute atomic E-state index is 0.230.